The van der Waals surface area contributed by atoms with Gasteiger partial charge in [-0.25, -0.2) is 4.79 Å². The van der Waals surface area contributed by atoms with Crippen molar-refractivity contribution < 1.29 is 4.79 Å². The first-order valence-corrected chi connectivity index (χ1v) is 6.71. The molecule has 18 heavy (non-hydrogen) atoms. The summed E-state index contributed by atoms with van der Waals surface area (Å²) in [6.45, 7) is 4.18. The van der Waals surface area contributed by atoms with Crippen molar-refractivity contribution in [3.8, 4) is 0 Å². The second-order valence-corrected chi connectivity index (χ2v) is 5.67. The lowest BCUT2D eigenvalue weighted by Gasteiger charge is -2.06. The van der Waals surface area contributed by atoms with Gasteiger partial charge < -0.3 is 9.97 Å². The number of hydrogen-bond donors (Lipinski definition) is 2. The molecule has 2 rings (SSSR count). The van der Waals surface area contributed by atoms with E-state index in [2.05, 4.69) is 39.7 Å². The third-order valence-electron chi connectivity index (χ3n) is 2.85. The number of aromatic nitrogens is 2. The van der Waals surface area contributed by atoms with Crippen molar-refractivity contribution in [2.45, 2.75) is 26.7 Å². The van der Waals surface area contributed by atoms with Gasteiger partial charge in [-0.05, 0) is 40.4 Å². The third kappa shape index (κ3) is 2.72. The van der Waals surface area contributed by atoms with Gasteiger partial charge in [0.15, 0.2) is 5.78 Å². The van der Waals surface area contributed by atoms with E-state index in [0.29, 0.717) is 28.9 Å². The fourth-order valence-corrected chi connectivity index (χ4v) is 2.39. The first-order valence-electron chi connectivity index (χ1n) is 5.92. The monoisotopic (exact) mass is 310 g/mol. The molecular weight excluding hydrogens is 296 g/mol. The molecule has 0 aliphatic rings. The second kappa shape index (κ2) is 5.10. The molecule has 0 fully saturated rings. The van der Waals surface area contributed by atoms with Gasteiger partial charge in [-0.1, -0.05) is 13.8 Å². The lowest BCUT2D eigenvalue weighted by atomic mass is 10.0. The van der Waals surface area contributed by atoms with Gasteiger partial charge in [0.25, 0.3) is 0 Å². The molecule has 96 valence electrons. The van der Waals surface area contributed by atoms with Gasteiger partial charge in [-0.15, -0.1) is 0 Å². The molecule has 1 aromatic carbocycles. The van der Waals surface area contributed by atoms with Crippen LogP contribution in [0.15, 0.2) is 21.4 Å². The number of ketones is 1. The summed E-state index contributed by atoms with van der Waals surface area (Å²) >= 11 is 3.38. The van der Waals surface area contributed by atoms with Gasteiger partial charge >= 0.3 is 5.69 Å². The van der Waals surface area contributed by atoms with Crippen molar-refractivity contribution in [1.82, 2.24) is 9.97 Å². The van der Waals surface area contributed by atoms with Crippen LogP contribution in [0.2, 0.25) is 0 Å². The number of hydrogen-bond acceptors (Lipinski definition) is 2. The van der Waals surface area contributed by atoms with Crippen LogP contribution in [0.5, 0.6) is 0 Å². The molecule has 4 nitrogen and oxygen atoms in total. The number of carbonyl (C=O) groups excluding carboxylic acids is 1. The molecule has 0 saturated heterocycles. The summed E-state index contributed by atoms with van der Waals surface area (Å²) in [6.07, 6.45) is 1.39. The van der Waals surface area contributed by atoms with Crippen molar-refractivity contribution in [2.24, 2.45) is 5.92 Å². The van der Waals surface area contributed by atoms with Crippen molar-refractivity contribution in [3.63, 3.8) is 0 Å². The molecule has 0 amide bonds. The Labute approximate surface area is 113 Å². The molecule has 0 saturated carbocycles. The van der Waals surface area contributed by atoms with Crippen molar-refractivity contribution in [3.05, 3.63) is 32.7 Å². The molecule has 1 aromatic heterocycles. The van der Waals surface area contributed by atoms with Crippen LogP contribution in [0.4, 0.5) is 0 Å². The summed E-state index contributed by atoms with van der Waals surface area (Å²) in [6, 6.07) is 3.48. The predicted molar refractivity (Wildman–Crippen MR) is 75.0 cm³/mol. The summed E-state index contributed by atoms with van der Waals surface area (Å²) < 4.78 is 0.721. The summed E-state index contributed by atoms with van der Waals surface area (Å²) in [7, 11) is 0. The van der Waals surface area contributed by atoms with Crippen LogP contribution in [-0.2, 0) is 0 Å². The van der Waals surface area contributed by atoms with Crippen LogP contribution in [-0.4, -0.2) is 15.8 Å². The number of fused-ring (bicyclic) bond motifs is 1. The highest BCUT2D eigenvalue weighted by Gasteiger charge is 2.13. The van der Waals surface area contributed by atoms with E-state index in [1.54, 1.807) is 12.1 Å². The third-order valence-corrected chi connectivity index (χ3v) is 3.51. The number of H-pyrrole nitrogens is 2. The number of nitrogens with one attached hydrogen (secondary N) is 2. The summed E-state index contributed by atoms with van der Waals surface area (Å²) in [5.74, 6) is 0.600. The molecule has 0 spiro atoms. The Morgan fingerprint density at radius 2 is 1.89 bits per heavy atom. The first kappa shape index (κ1) is 13.1. The second-order valence-electron chi connectivity index (χ2n) is 4.81. The van der Waals surface area contributed by atoms with Gasteiger partial charge in [-0.3, -0.25) is 4.79 Å². The Kier molecular flexibility index (Phi) is 3.71. The molecule has 0 radical (unpaired) electrons. The van der Waals surface area contributed by atoms with Gasteiger partial charge in [0.1, 0.15) is 0 Å². The smallest absolute Gasteiger partial charge is 0.306 e. The maximum atomic E-state index is 12.1. The Morgan fingerprint density at radius 1 is 1.28 bits per heavy atom. The van der Waals surface area contributed by atoms with E-state index in [9.17, 15) is 9.59 Å². The lowest BCUT2D eigenvalue weighted by molar-refractivity contribution is 0.0975. The zero-order valence-corrected chi connectivity index (χ0v) is 11.9. The molecular formula is C13H15BrN2O2. The number of Topliss-reactive ketones (excluding diaryl/α,β-unsaturated/α-hetero) is 1. The van der Waals surface area contributed by atoms with E-state index in [-0.39, 0.29) is 11.5 Å². The zero-order chi connectivity index (χ0) is 13.3. The number of aromatic amines is 2. The topological polar surface area (TPSA) is 65.7 Å². The van der Waals surface area contributed by atoms with Crippen molar-refractivity contribution in [1.29, 1.82) is 0 Å². The molecule has 0 bridgehead atoms. The van der Waals surface area contributed by atoms with Gasteiger partial charge in [0.05, 0.1) is 11.0 Å². The van der Waals surface area contributed by atoms with Gasteiger partial charge in [0.2, 0.25) is 0 Å². The Morgan fingerprint density at radius 3 is 2.50 bits per heavy atom. The van der Waals surface area contributed by atoms with E-state index in [1.165, 1.54) is 0 Å². The molecule has 0 aliphatic carbocycles. The highest BCUT2D eigenvalue weighted by atomic mass is 79.9. The van der Waals surface area contributed by atoms with E-state index in [0.717, 1.165) is 10.9 Å². The molecule has 0 unspecified atom stereocenters. The van der Waals surface area contributed by atoms with Gasteiger partial charge in [0, 0.05) is 16.5 Å². The molecule has 5 heteroatoms. The molecule has 2 N–H and O–H groups in total. The highest BCUT2D eigenvalue weighted by molar-refractivity contribution is 9.10. The van der Waals surface area contributed by atoms with E-state index < -0.39 is 0 Å². The standard InChI is InChI=1S/C13H15BrN2O2/c1-7(2)3-4-12(17)8-5-10-11(6-9(8)14)16-13(18)15-10/h5-7H,3-4H2,1-2H3,(H2,15,16,18). The summed E-state index contributed by atoms with van der Waals surface area (Å²) in [4.78, 5) is 28.6. The van der Waals surface area contributed by atoms with E-state index in [1.807, 2.05) is 0 Å². The zero-order valence-electron chi connectivity index (χ0n) is 10.3. The Balaban J connectivity index is 2.35. The van der Waals surface area contributed by atoms with Crippen LogP contribution in [0.25, 0.3) is 11.0 Å². The lowest BCUT2D eigenvalue weighted by Crippen LogP contribution is -2.02. The summed E-state index contributed by atoms with van der Waals surface area (Å²) in [5.41, 5.74) is 1.73. The van der Waals surface area contributed by atoms with Crippen molar-refractivity contribution >= 4 is 32.7 Å². The van der Waals surface area contributed by atoms with Crippen LogP contribution in [0, 0.1) is 5.92 Å². The first-order chi connectivity index (χ1) is 8.47. The minimum atomic E-state index is -0.260. The summed E-state index contributed by atoms with van der Waals surface area (Å²) in [5, 5.41) is 0. The average Bonchev–Trinajstić information content (AvgIpc) is 2.64. The Hall–Kier alpha value is -1.36. The molecule has 2 aromatic rings. The van der Waals surface area contributed by atoms with Crippen LogP contribution in [0.3, 0.4) is 0 Å². The van der Waals surface area contributed by atoms with Crippen LogP contribution in [0.1, 0.15) is 37.0 Å². The Bertz CT molecular complexity index is 640. The predicted octanol–water partition coefficient (Wildman–Crippen LogP) is 3.24. The molecule has 1 heterocycles. The van der Waals surface area contributed by atoms with Crippen molar-refractivity contribution in [2.75, 3.05) is 0 Å². The number of benzene rings is 1. The minimum absolute atomic E-state index is 0.0968. The highest BCUT2D eigenvalue weighted by Crippen LogP contribution is 2.24. The number of imidazole rings is 1. The number of rotatable bonds is 4. The SMILES string of the molecule is CC(C)CCC(=O)c1cc2[nH]c(=O)[nH]c2cc1Br. The van der Waals surface area contributed by atoms with E-state index in [4.69, 9.17) is 0 Å². The number of halogens is 1. The number of carbonyl (C=O) groups is 1. The van der Waals surface area contributed by atoms with Crippen LogP contribution >= 0.6 is 15.9 Å². The maximum absolute atomic E-state index is 12.1. The maximum Gasteiger partial charge on any atom is 0.323 e. The van der Waals surface area contributed by atoms with Crippen LogP contribution < -0.4 is 5.69 Å². The fraction of sp³-hybridized carbons (Fsp3) is 0.385. The largest absolute Gasteiger partial charge is 0.323 e. The molecule has 0 aliphatic heterocycles. The molecule has 0 atom stereocenters. The minimum Gasteiger partial charge on any atom is -0.306 e. The van der Waals surface area contributed by atoms with Gasteiger partial charge in [-0.2, -0.15) is 0 Å². The normalized spacial score (nSPS) is 11.3. The quantitative estimate of drug-likeness (QED) is 0.851. The fourth-order valence-electron chi connectivity index (χ4n) is 1.82. The van der Waals surface area contributed by atoms with E-state index >= 15 is 0 Å². The average molecular weight is 311 g/mol.